The normalized spacial score (nSPS) is 41.9. The van der Waals surface area contributed by atoms with Crippen LogP contribution in [-0.2, 0) is 0 Å². The maximum absolute atomic E-state index is 14.1. The van der Waals surface area contributed by atoms with E-state index in [2.05, 4.69) is 5.32 Å². The fourth-order valence-corrected chi connectivity index (χ4v) is 4.78. The van der Waals surface area contributed by atoms with E-state index in [1.807, 2.05) is 12.1 Å². The van der Waals surface area contributed by atoms with Crippen molar-refractivity contribution in [2.75, 3.05) is 13.1 Å². The van der Waals surface area contributed by atoms with Crippen molar-refractivity contribution in [3.8, 4) is 0 Å². The summed E-state index contributed by atoms with van der Waals surface area (Å²) in [6.45, 7) is 2.08. The van der Waals surface area contributed by atoms with Crippen molar-refractivity contribution in [2.45, 2.75) is 31.6 Å². The summed E-state index contributed by atoms with van der Waals surface area (Å²) in [6, 6.07) is 7.41. The maximum atomic E-state index is 14.1. The van der Waals surface area contributed by atoms with Gasteiger partial charge in [0.15, 0.2) is 0 Å². The van der Waals surface area contributed by atoms with E-state index in [1.54, 1.807) is 12.1 Å². The van der Waals surface area contributed by atoms with Crippen LogP contribution in [0.1, 0.15) is 37.2 Å². The standard InChI is InChI=1S/C16H20FN/c17-15-4-2-1-3-12(15)14-10-18-8-7-16(14)6-5-11-9-13(11)16/h1-4,11,13-14,18H,5-10H2. The summed E-state index contributed by atoms with van der Waals surface area (Å²) in [5.74, 6) is 2.25. The topological polar surface area (TPSA) is 12.0 Å². The molecule has 0 radical (unpaired) electrons. The Morgan fingerprint density at radius 2 is 2.11 bits per heavy atom. The van der Waals surface area contributed by atoms with Crippen molar-refractivity contribution < 1.29 is 4.39 Å². The molecular formula is C16H20FN. The van der Waals surface area contributed by atoms with E-state index in [0.29, 0.717) is 11.3 Å². The van der Waals surface area contributed by atoms with E-state index in [-0.39, 0.29) is 5.82 Å². The molecule has 1 aromatic rings. The van der Waals surface area contributed by atoms with Gasteiger partial charge in [0.2, 0.25) is 0 Å². The van der Waals surface area contributed by atoms with Crippen LogP contribution in [0.4, 0.5) is 4.39 Å². The lowest BCUT2D eigenvalue weighted by Crippen LogP contribution is -2.44. The molecule has 0 bridgehead atoms. The van der Waals surface area contributed by atoms with E-state index >= 15 is 0 Å². The van der Waals surface area contributed by atoms with E-state index < -0.39 is 0 Å². The van der Waals surface area contributed by atoms with Crippen LogP contribution in [0.15, 0.2) is 24.3 Å². The van der Waals surface area contributed by atoms with Gasteiger partial charge in [-0.2, -0.15) is 0 Å². The van der Waals surface area contributed by atoms with Gasteiger partial charge in [-0.3, -0.25) is 0 Å². The molecule has 0 amide bonds. The van der Waals surface area contributed by atoms with Gasteiger partial charge in [-0.15, -0.1) is 0 Å². The Bertz CT molecular complexity index is 472. The number of fused-ring (bicyclic) bond motifs is 2. The highest BCUT2D eigenvalue weighted by molar-refractivity contribution is 5.28. The molecule has 3 aliphatic rings. The van der Waals surface area contributed by atoms with Gasteiger partial charge in [0.05, 0.1) is 0 Å². The minimum absolute atomic E-state index is 0.00493. The number of hydrogen-bond donors (Lipinski definition) is 1. The molecule has 3 fully saturated rings. The molecule has 1 saturated heterocycles. The summed E-state index contributed by atoms with van der Waals surface area (Å²) in [6.07, 6.45) is 5.36. The third-order valence-corrected chi connectivity index (χ3v) is 5.73. The second kappa shape index (κ2) is 3.80. The average Bonchev–Trinajstić information content (AvgIpc) is 3.11. The Morgan fingerprint density at radius 1 is 1.22 bits per heavy atom. The second-order valence-electron chi connectivity index (χ2n) is 6.40. The zero-order valence-corrected chi connectivity index (χ0v) is 10.7. The van der Waals surface area contributed by atoms with Crippen LogP contribution in [0.25, 0.3) is 0 Å². The van der Waals surface area contributed by atoms with Gasteiger partial charge in [-0.05, 0) is 61.1 Å². The lowest BCUT2D eigenvalue weighted by molar-refractivity contribution is 0.136. The molecule has 2 aliphatic carbocycles. The monoisotopic (exact) mass is 245 g/mol. The Labute approximate surface area is 108 Å². The van der Waals surface area contributed by atoms with Gasteiger partial charge in [0.25, 0.3) is 0 Å². The number of piperidine rings is 1. The summed E-state index contributed by atoms with van der Waals surface area (Å²) < 4.78 is 14.1. The first-order valence-corrected chi connectivity index (χ1v) is 7.26. The predicted molar refractivity (Wildman–Crippen MR) is 69.9 cm³/mol. The molecule has 1 heterocycles. The lowest BCUT2D eigenvalue weighted by atomic mass is 9.64. The Balaban J connectivity index is 1.75. The molecule has 4 rings (SSSR count). The number of hydrogen-bond acceptors (Lipinski definition) is 1. The molecule has 4 atom stereocenters. The third-order valence-electron chi connectivity index (χ3n) is 5.73. The van der Waals surface area contributed by atoms with E-state index in [0.717, 1.165) is 30.5 Å². The van der Waals surface area contributed by atoms with Crippen LogP contribution in [0.3, 0.4) is 0 Å². The van der Waals surface area contributed by atoms with Crippen LogP contribution < -0.4 is 5.32 Å². The SMILES string of the molecule is Fc1ccccc1C1CNCCC12CCC1CC12. The molecule has 2 saturated carbocycles. The van der Waals surface area contributed by atoms with Crippen molar-refractivity contribution >= 4 is 0 Å². The first kappa shape index (κ1) is 11.0. The first-order valence-electron chi connectivity index (χ1n) is 7.26. The molecular weight excluding hydrogens is 225 g/mol. The van der Waals surface area contributed by atoms with Crippen LogP contribution in [0, 0.1) is 23.1 Å². The van der Waals surface area contributed by atoms with E-state index in [1.165, 1.54) is 25.7 Å². The number of benzene rings is 1. The smallest absolute Gasteiger partial charge is 0.126 e. The Hall–Kier alpha value is -0.890. The van der Waals surface area contributed by atoms with Gasteiger partial charge in [-0.25, -0.2) is 4.39 Å². The van der Waals surface area contributed by atoms with Crippen molar-refractivity contribution in [2.24, 2.45) is 17.3 Å². The Morgan fingerprint density at radius 3 is 2.83 bits per heavy atom. The molecule has 1 spiro atoms. The molecule has 2 heteroatoms. The highest BCUT2D eigenvalue weighted by Gasteiger charge is 2.61. The summed E-state index contributed by atoms with van der Waals surface area (Å²) in [4.78, 5) is 0. The molecule has 4 unspecified atom stereocenters. The quantitative estimate of drug-likeness (QED) is 0.800. The minimum Gasteiger partial charge on any atom is -0.316 e. The van der Waals surface area contributed by atoms with Crippen LogP contribution >= 0.6 is 0 Å². The fraction of sp³-hybridized carbons (Fsp3) is 0.625. The molecule has 1 aromatic carbocycles. The van der Waals surface area contributed by atoms with Gasteiger partial charge in [-0.1, -0.05) is 18.2 Å². The maximum Gasteiger partial charge on any atom is 0.126 e. The highest BCUT2D eigenvalue weighted by Crippen LogP contribution is 2.68. The summed E-state index contributed by atoms with van der Waals surface area (Å²) in [7, 11) is 0. The molecule has 0 aromatic heterocycles. The zero-order valence-electron chi connectivity index (χ0n) is 10.7. The second-order valence-corrected chi connectivity index (χ2v) is 6.40. The molecule has 1 nitrogen and oxygen atoms in total. The van der Waals surface area contributed by atoms with Crippen molar-refractivity contribution in [3.63, 3.8) is 0 Å². The number of nitrogens with one attached hydrogen (secondary N) is 1. The first-order chi connectivity index (χ1) is 8.81. The third kappa shape index (κ3) is 1.41. The lowest BCUT2D eigenvalue weighted by Gasteiger charge is -2.44. The molecule has 1 N–H and O–H groups in total. The summed E-state index contributed by atoms with van der Waals surface area (Å²) in [5, 5.41) is 3.48. The van der Waals surface area contributed by atoms with Crippen molar-refractivity contribution in [1.29, 1.82) is 0 Å². The Kier molecular flexibility index (Phi) is 2.32. The summed E-state index contributed by atoms with van der Waals surface area (Å²) >= 11 is 0. The van der Waals surface area contributed by atoms with Gasteiger partial charge in [0.1, 0.15) is 5.82 Å². The van der Waals surface area contributed by atoms with Gasteiger partial charge in [0, 0.05) is 12.5 Å². The number of halogens is 1. The molecule has 1 aliphatic heterocycles. The van der Waals surface area contributed by atoms with Crippen molar-refractivity contribution in [1.82, 2.24) is 5.32 Å². The van der Waals surface area contributed by atoms with E-state index in [4.69, 9.17) is 0 Å². The largest absolute Gasteiger partial charge is 0.316 e. The van der Waals surface area contributed by atoms with Crippen LogP contribution in [0.2, 0.25) is 0 Å². The molecule has 96 valence electrons. The number of rotatable bonds is 1. The van der Waals surface area contributed by atoms with Gasteiger partial charge >= 0.3 is 0 Å². The summed E-state index contributed by atoms with van der Waals surface area (Å²) in [5.41, 5.74) is 1.37. The average molecular weight is 245 g/mol. The predicted octanol–water partition coefficient (Wildman–Crippen LogP) is 3.32. The highest BCUT2D eigenvalue weighted by atomic mass is 19.1. The zero-order chi connectivity index (χ0) is 12.2. The minimum atomic E-state index is -0.00493. The van der Waals surface area contributed by atoms with E-state index in [9.17, 15) is 4.39 Å². The molecule has 18 heavy (non-hydrogen) atoms. The van der Waals surface area contributed by atoms with Crippen LogP contribution in [-0.4, -0.2) is 13.1 Å². The van der Waals surface area contributed by atoms with Gasteiger partial charge < -0.3 is 5.32 Å². The van der Waals surface area contributed by atoms with Crippen LogP contribution in [0.5, 0.6) is 0 Å². The van der Waals surface area contributed by atoms with Crippen molar-refractivity contribution in [3.05, 3.63) is 35.6 Å². The fourth-order valence-electron chi connectivity index (χ4n) is 4.78.